The number of thiazole rings is 1. The van der Waals surface area contributed by atoms with Crippen LogP contribution in [0, 0.1) is 6.92 Å². The van der Waals surface area contributed by atoms with Gasteiger partial charge >= 0.3 is 0 Å². The topological polar surface area (TPSA) is 102 Å². The lowest BCUT2D eigenvalue weighted by molar-refractivity contribution is 0.881. The molecule has 3 rings (SSSR count). The zero-order valence-corrected chi connectivity index (χ0v) is 12.4. The summed E-state index contributed by atoms with van der Waals surface area (Å²) in [4.78, 5) is 8.62. The number of nitrogens with one attached hydrogen (secondary N) is 1. The average Bonchev–Trinajstić information content (AvgIpc) is 3.20. The van der Waals surface area contributed by atoms with Crippen LogP contribution in [0.15, 0.2) is 34.6 Å². The van der Waals surface area contributed by atoms with Gasteiger partial charge < -0.3 is 5.41 Å². The van der Waals surface area contributed by atoms with Crippen molar-refractivity contribution in [2.75, 3.05) is 0 Å². The second kappa shape index (κ2) is 6.21. The van der Waals surface area contributed by atoms with Crippen LogP contribution in [0.3, 0.4) is 0 Å². The van der Waals surface area contributed by atoms with E-state index in [1.807, 2.05) is 36.6 Å². The number of tetrazole rings is 1. The molecule has 0 bridgehead atoms. The third kappa shape index (κ3) is 3.03. The SMILES string of the molecule is Cc1csc(C(=C=[N-])C=Nc2cccc(-c3nn[nH]n3)c2)n1. The van der Waals surface area contributed by atoms with Crippen LogP contribution in [-0.2, 0) is 0 Å². The van der Waals surface area contributed by atoms with E-state index in [1.165, 1.54) is 17.6 Å². The summed E-state index contributed by atoms with van der Waals surface area (Å²) in [5, 5.41) is 25.6. The molecule has 2 aromatic heterocycles. The molecule has 0 aliphatic rings. The zero-order chi connectivity index (χ0) is 15.4. The number of benzene rings is 1. The highest BCUT2D eigenvalue weighted by atomic mass is 32.1. The number of allylic oxidation sites excluding steroid dienone is 1. The molecule has 0 unspecified atom stereocenters. The van der Waals surface area contributed by atoms with Crippen LogP contribution in [0.4, 0.5) is 5.69 Å². The number of hydrogen-bond donors (Lipinski definition) is 1. The third-order valence-electron chi connectivity index (χ3n) is 2.76. The summed E-state index contributed by atoms with van der Waals surface area (Å²) in [6, 6.07) is 7.37. The van der Waals surface area contributed by atoms with Crippen molar-refractivity contribution >= 4 is 34.7 Å². The van der Waals surface area contributed by atoms with Crippen LogP contribution in [0.5, 0.6) is 0 Å². The van der Waals surface area contributed by atoms with E-state index in [0.29, 0.717) is 22.1 Å². The lowest BCUT2D eigenvalue weighted by Crippen LogP contribution is -1.86. The lowest BCUT2D eigenvalue weighted by atomic mass is 10.2. The van der Waals surface area contributed by atoms with Gasteiger partial charge in [0, 0.05) is 28.4 Å². The first-order chi connectivity index (χ1) is 10.8. The van der Waals surface area contributed by atoms with Gasteiger partial charge in [0.05, 0.1) is 5.69 Å². The van der Waals surface area contributed by atoms with Gasteiger partial charge in [-0.25, -0.2) is 4.98 Å². The average molecular weight is 308 g/mol. The molecule has 0 saturated carbocycles. The molecule has 0 aliphatic carbocycles. The molecular formula is C14H10N7S-. The highest BCUT2D eigenvalue weighted by molar-refractivity contribution is 7.11. The number of aryl methyl sites for hydroxylation is 1. The second-order valence-electron chi connectivity index (χ2n) is 4.36. The minimum atomic E-state index is 0.433. The van der Waals surface area contributed by atoms with E-state index in [0.717, 1.165) is 11.3 Å². The Balaban J connectivity index is 1.86. The summed E-state index contributed by atoms with van der Waals surface area (Å²) in [5.41, 5.74) is 2.82. The van der Waals surface area contributed by atoms with Crippen LogP contribution >= 0.6 is 11.3 Å². The summed E-state index contributed by atoms with van der Waals surface area (Å²) in [6.07, 6.45) is 1.52. The summed E-state index contributed by atoms with van der Waals surface area (Å²) >= 11 is 1.42. The maximum Gasteiger partial charge on any atom is 0.204 e. The number of aliphatic imine (C=N–C) groups is 1. The van der Waals surface area contributed by atoms with Crippen molar-refractivity contribution < 1.29 is 0 Å². The van der Waals surface area contributed by atoms with Crippen LogP contribution in [0.1, 0.15) is 10.7 Å². The van der Waals surface area contributed by atoms with Crippen molar-refractivity contribution in [3.05, 3.63) is 45.8 Å². The van der Waals surface area contributed by atoms with E-state index in [-0.39, 0.29) is 0 Å². The van der Waals surface area contributed by atoms with Gasteiger partial charge in [-0.2, -0.15) is 5.21 Å². The summed E-state index contributed by atoms with van der Waals surface area (Å²) in [6.45, 7) is 1.89. The van der Waals surface area contributed by atoms with Crippen molar-refractivity contribution in [2.45, 2.75) is 6.92 Å². The van der Waals surface area contributed by atoms with Crippen molar-refractivity contribution in [3.63, 3.8) is 0 Å². The molecule has 1 aromatic carbocycles. The molecule has 3 aromatic rings. The maximum atomic E-state index is 9.23. The Kier molecular flexibility index (Phi) is 3.95. The van der Waals surface area contributed by atoms with Gasteiger partial charge in [0.1, 0.15) is 5.01 Å². The predicted octanol–water partition coefficient (Wildman–Crippen LogP) is 2.66. The fourth-order valence-electron chi connectivity index (χ4n) is 1.76. The largest absolute Gasteiger partial charge is 0.763 e. The molecular weight excluding hydrogens is 298 g/mol. The van der Waals surface area contributed by atoms with Gasteiger partial charge in [-0.3, -0.25) is 10.9 Å². The first-order valence-electron chi connectivity index (χ1n) is 6.34. The molecule has 0 radical (unpaired) electrons. The quantitative estimate of drug-likeness (QED) is 0.748. The lowest BCUT2D eigenvalue weighted by Gasteiger charge is -1.98. The molecule has 0 aliphatic heterocycles. The molecule has 0 saturated heterocycles. The fourth-order valence-corrected chi connectivity index (χ4v) is 2.51. The molecule has 8 heteroatoms. The first kappa shape index (κ1) is 14.0. The van der Waals surface area contributed by atoms with E-state index in [4.69, 9.17) is 0 Å². The number of nitrogens with zero attached hydrogens (tertiary/aromatic N) is 6. The predicted molar refractivity (Wildman–Crippen MR) is 86.4 cm³/mol. The number of hydrogen-bond acceptors (Lipinski definition) is 6. The molecule has 22 heavy (non-hydrogen) atoms. The Labute approximate surface area is 130 Å². The molecule has 2 heterocycles. The Morgan fingerprint density at radius 2 is 2.36 bits per heavy atom. The Morgan fingerprint density at radius 1 is 1.45 bits per heavy atom. The van der Waals surface area contributed by atoms with Crippen molar-refractivity contribution in [1.82, 2.24) is 25.6 Å². The Bertz CT molecular complexity index is 857. The number of rotatable bonds is 4. The summed E-state index contributed by atoms with van der Waals surface area (Å²) in [5.74, 6) is 2.62. The Hall–Kier alpha value is -2.96. The molecule has 0 spiro atoms. The number of aromatic amines is 1. The van der Waals surface area contributed by atoms with Crippen LogP contribution in [-0.4, -0.2) is 37.7 Å². The minimum Gasteiger partial charge on any atom is -0.763 e. The summed E-state index contributed by atoms with van der Waals surface area (Å²) < 4.78 is 0. The molecule has 0 fully saturated rings. The highest BCUT2D eigenvalue weighted by Crippen LogP contribution is 2.21. The normalized spacial score (nSPS) is 10.8. The van der Waals surface area contributed by atoms with Gasteiger partial charge in [-0.15, -0.1) is 21.5 Å². The van der Waals surface area contributed by atoms with Gasteiger partial charge in [0.2, 0.25) is 5.82 Å². The Morgan fingerprint density at radius 3 is 3.05 bits per heavy atom. The van der Waals surface area contributed by atoms with Gasteiger partial charge in [-0.05, 0) is 24.3 Å². The highest BCUT2D eigenvalue weighted by Gasteiger charge is 2.04. The van der Waals surface area contributed by atoms with Gasteiger partial charge in [0.15, 0.2) is 0 Å². The van der Waals surface area contributed by atoms with Crippen molar-refractivity contribution in [1.29, 1.82) is 0 Å². The van der Waals surface area contributed by atoms with Crippen LogP contribution in [0.2, 0.25) is 0 Å². The fraction of sp³-hybridized carbons (Fsp3) is 0.0714. The maximum absolute atomic E-state index is 9.23. The number of H-pyrrole nitrogens is 1. The van der Waals surface area contributed by atoms with Crippen molar-refractivity contribution in [3.8, 4) is 11.4 Å². The van der Waals surface area contributed by atoms with E-state index in [9.17, 15) is 5.41 Å². The smallest absolute Gasteiger partial charge is 0.204 e. The third-order valence-corrected chi connectivity index (χ3v) is 3.76. The molecule has 108 valence electrons. The molecule has 0 atom stereocenters. The zero-order valence-electron chi connectivity index (χ0n) is 11.6. The standard InChI is InChI=1S/C14H10N7S/c1-9-8-22-14(17-9)11(6-15)7-16-12-4-2-3-10(5-12)13-18-20-21-19-13/h2-5,7-8H,1H3,(H,18,19,20,21)/q-1. The van der Waals surface area contributed by atoms with E-state index in [2.05, 4.69) is 36.5 Å². The number of aromatic nitrogens is 5. The second-order valence-corrected chi connectivity index (χ2v) is 5.22. The van der Waals surface area contributed by atoms with Crippen molar-refractivity contribution in [2.24, 2.45) is 4.99 Å². The molecule has 7 nitrogen and oxygen atoms in total. The minimum absolute atomic E-state index is 0.433. The molecule has 0 amide bonds. The van der Waals surface area contributed by atoms with E-state index in [1.54, 1.807) is 0 Å². The van der Waals surface area contributed by atoms with E-state index >= 15 is 0 Å². The monoisotopic (exact) mass is 308 g/mol. The summed E-state index contributed by atoms with van der Waals surface area (Å²) in [7, 11) is 0. The first-order valence-corrected chi connectivity index (χ1v) is 7.22. The van der Waals surface area contributed by atoms with Gasteiger partial charge in [0.25, 0.3) is 0 Å². The molecule has 1 N–H and O–H groups in total. The van der Waals surface area contributed by atoms with Crippen LogP contribution in [0.25, 0.3) is 22.4 Å². The van der Waals surface area contributed by atoms with E-state index < -0.39 is 0 Å². The van der Waals surface area contributed by atoms with Crippen LogP contribution < -0.4 is 0 Å². The van der Waals surface area contributed by atoms with Gasteiger partial charge in [-0.1, -0.05) is 12.1 Å².